The monoisotopic (exact) mass is 114 g/mol. The van der Waals surface area contributed by atoms with Gasteiger partial charge in [-0.3, -0.25) is 0 Å². The van der Waals surface area contributed by atoms with Crippen LogP contribution in [0.25, 0.3) is 0 Å². The van der Waals surface area contributed by atoms with Crippen molar-refractivity contribution in [2.75, 3.05) is 0 Å². The minimum atomic E-state index is -0.764. The van der Waals surface area contributed by atoms with E-state index < -0.39 is 12.2 Å². The molecule has 8 heavy (non-hydrogen) atoms. The van der Waals surface area contributed by atoms with Crippen LogP contribution in [-0.2, 0) is 0 Å². The summed E-state index contributed by atoms with van der Waals surface area (Å²) in [7, 11) is 0. The van der Waals surface area contributed by atoms with Gasteiger partial charge >= 0.3 is 0 Å². The van der Waals surface area contributed by atoms with E-state index in [1.54, 1.807) is 0 Å². The molecule has 2 heteroatoms. The van der Waals surface area contributed by atoms with E-state index in [9.17, 15) is 0 Å². The molecular weight excluding hydrogens is 104 g/mol. The van der Waals surface area contributed by atoms with Gasteiger partial charge in [0.15, 0.2) is 0 Å². The summed E-state index contributed by atoms with van der Waals surface area (Å²) in [6, 6.07) is 0. The highest BCUT2D eigenvalue weighted by Gasteiger charge is 2.07. The number of terminal acetylenes is 1. The third kappa shape index (κ3) is 2.62. The van der Waals surface area contributed by atoms with E-state index in [1.807, 2.05) is 0 Å². The molecule has 0 aromatic carbocycles. The van der Waals surface area contributed by atoms with Gasteiger partial charge in [-0.1, -0.05) is 0 Å². The summed E-state index contributed by atoms with van der Waals surface area (Å²) in [5.41, 5.74) is 0. The first-order valence-electron chi connectivity index (χ1n) is 2.48. The number of rotatable bonds is 2. The average molecular weight is 114 g/mol. The molecule has 2 N–H and O–H groups in total. The molecule has 0 rings (SSSR count). The lowest BCUT2D eigenvalue weighted by atomic mass is 10.2. The maximum Gasteiger partial charge on any atom is 0.0905 e. The summed E-state index contributed by atoms with van der Waals surface area (Å²) in [6.07, 6.45) is 3.59. The Balaban J connectivity index is 3.35. The first-order chi connectivity index (χ1) is 3.68. The van der Waals surface area contributed by atoms with Crippen LogP contribution in [0.2, 0.25) is 0 Å². The second-order valence-corrected chi connectivity index (χ2v) is 1.72. The summed E-state index contributed by atoms with van der Waals surface area (Å²) in [6.45, 7) is 1.50. The topological polar surface area (TPSA) is 40.5 Å². The summed E-state index contributed by atoms with van der Waals surface area (Å²) >= 11 is 0. The predicted octanol–water partition coefficient (Wildman–Crippen LogP) is -0.249. The lowest BCUT2D eigenvalue weighted by Crippen LogP contribution is -2.21. The van der Waals surface area contributed by atoms with E-state index >= 15 is 0 Å². The predicted molar refractivity (Wildman–Crippen MR) is 31.1 cm³/mol. The maximum atomic E-state index is 8.73. The molecular formula is C6H10O2. The summed E-state index contributed by atoms with van der Waals surface area (Å²) in [4.78, 5) is 0. The minimum absolute atomic E-state index is 0.220. The van der Waals surface area contributed by atoms with Crippen molar-refractivity contribution >= 4 is 0 Å². The van der Waals surface area contributed by atoms with Crippen LogP contribution in [0.3, 0.4) is 0 Å². The highest BCUT2D eigenvalue weighted by atomic mass is 16.3. The molecule has 0 heterocycles. The van der Waals surface area contributed by atoms with E-state index in [4.69, 9.17) is 16.6 Å². The van der Waals surface area contributed by atoms with Crippen LogP contribution in [0, 0.1) is 12.3 Å². The molecule has 0 amide bonds. The Morgan fingerprint density at radius 1 is 1.62 bits per heavy atom. The van der Waals surface area contributed by atoms with Crippen LogP contribution in [-0.4, -0.2) is 22.4 Å². The van der Waals surface area contributed by atoms with Crippen LogP contribution in [0.5, 0.6) is 0 Å². The van der Waals surface area contributed by atoms with Crippen molar-refractivity contribution < 1.29 is 10.2 Å². The van der Waals surface area contributed by atoms with Gasteiger partial charge in [-0.15, -0.1) is 12.3 Å². The Kier molecular flexibility index (Phi) is 3.25. The third-order valence-electron chi connectivity index (χ3n) is 0.884. The van der Waals surface area contributed by atoms with Crippen molar-refractivity contribution in [2.45, 2.75) is 25.6 Å². The second kappa shape index (κ2) is 3.48. The summed E-state index contributed by atoms with van der Waals surface area (Å²) < 4.78 is 0. The fourth-order valence-electron chi connectivity index (χ4n) is 0.291. The number of aliphatic hydroxyl groups is 2. The van der Waals surface area contributed by atoms with E-state index in [0.29, 0.717) is 0 Å². The number of aliphatic hydroxyl groups excluding tert-OH is 2. The van der Waals surface area contributed by atoms with Crippen LogP contribution in [0.1, 0.15) is 13.3 Å². The molecule has 0 aromatic rings. The molecule has 2 nitrogen and oxygen atoms in total. The molecule has 2 atom stereocenters. The van der Waals surface area contributed by atoms with Crippen LogP contribution in [0.4, 0.5) is 0 Å². The van der Waals surface area contributed by atoms with Gasteiger partial charge in [-0.05, 0) is 6.92 Å². The normalized spacial score (nSPS) is 16.8. The largest absolute Gasteiger partial charge is 0.391 e. The molecule has 0 spiro atoms. The Labute approximate surface area is 49.2 Å². The Hall–Kier alpha value is -0.520. The zero-order valence-corrected chi connectivity index (χ0v) is 4.83. The Morgan fingerprint density at radius 3 is 2.25 bits per heavy atom. The fourth-order valence-corrected chi connectivity index (χ4v) is 0.291. The van der Waals surface area contributed by atoms with Crippen molar-refractivity contribution in [3.8, 4) is 12.3 Å². The minimum Gasteiger partial charge on any atom is -0.391 e. The molecule has 46 valence electrons. The van der Waals surface area contributed by atoms with Crippen molar-refractivity contribution in [2.24, 2.45) is 0 Å². The molecule has 0 aliphatic rings. The standard InChI is InChI=1S/C6H10O2/c1-3-4-6(8)5(2)7/h1,5-8H,4H2,2H3. The van der Waals surface area contributed by atoms with Gasteiger partial charge in [-0.2, -0.15) is 0 Å². The SMILES string of the molecule is C#CCC(O)C(C)O. The van der Waals surface area contributed by atoms with Crippen molar-refractivity contribution in [3.05, 3.63) is 0 Å². The van der Waals surface area contributed by atoms with Crippen molar-refractivity contribution in [3.63, 3.8) is 0 Å². The van der Waals surface area contributed by atoms with Gasteiger partial charge in [0, 0.05) is 6.42 Å². The van der Waals surface area contributed by atoms with Crippen LogP contribution in [0.15, 0.2) is 0 Å². The van der Waals surface area contributed by atoms with Gasteiger partial charge in [0.1, 0.15) is 0 Å². The molecule has 0 aliphatic carbocycles. The van der Waals surface area contributed by atoms with E-state index in [-0.39, 0.29) is 6.42 Å². The Bertz CT molecular complexity index is 91.2. The first-order valence-corrected chi connectivity index (χ1v) is 2.48. The maximum absolute atomic E-state index is 8.73. The first kappa shape index (κ1) is 7.48. The fraction of sp³-hybridized carbons (Fsp3) is 0.667. The zero-order chi connectivity index (χ0) is 6.57. The second-order valence-electron chi connectivity index (χ2n) is 1.72. The van der Waals surface area contributed by atoms with Gasteiger partial charge in [0.2, 0.25) is 0 Å². The molecule has 0 aromatic heterocycles. The number of hydrogen-bond acceptors (Lipinski definition) is 2. The van der Waals surface area contributed by atoms with Crippen molar-refractivity contribution in [1.29, 1.82) is 0 Å². The highest BCUT2D eigenvalue weighted by molar-refractivity contribution is 4.88. The number of hydrogen-bond donors (Lipinski definition) is 2. The smallest absolute Gasteiger partial charge is 0.0905 e. The molecule has 0 saturated carbocycles. The van der Waals surface area contributed by atoms with Gasteiger partial charge in [0.25, 0.3) is 0 Å². The highest BCUT2D eigenvalue weighted by Crippen LogP contribution is 1.94. The zero-order valence-electron chi connectivity index (χ0n) is 4.83. The van der Waals surface area contributed by atoms with Crippen LogP contribution < -0.4 is 0 Å². The van der Waals surface area contributed by atoms with Gasteiger partial charge in [0.05, 0.1) is 12.2 Å². The molecule has 0 fully saturated rings. The van der Waals surface area contributed by atoms with Gasteiger partial charge < -0.3 is 10.2 Å². The molecule has 2 unspecified atom stereocenters. The molecule has 0 radical (unpaired) electrons. The quantitative estimate of drug-likeness (QED) is 0.486. The lowest BCUT2D eigenvalue weighted by molar-refractivity contribution is 0.0350. The molecule has 0 saturated heterocycles. The van der Waals surface area contributed by atoms with Gasteiger partial charge in [-0.25, -0.2) is 0 Å². The van der Waals surface area contributed by atoms with Crippen LogP contribution >= 0.6 is 0 Å². The Morgan fingerprint density at radius 2 is 2.12 bits per heavy atom. The summed E-state index contributed by atoms with van der Waals surface area (Å²) in [5.74, 6) is 2.24. The van der Waals surface area contributed by atoms with Crippen molar-refractivity contribution in [1.82, 2.24) is 0 Å². The molecule has 0 bridgehead atoms. The van der Waals surface area contributed by atoms with E-state index in [0.717, 1.165) is 0 Å². The third-order valence-corrected chi connectivity index (χ3v) is 0.884. The lowest BCUT2D eigenvalue weighted by Gasteiger charge is -2.08. The molecule has 0 aliphatic heterocycles. The van der Waals surface area contributed by atoms with E-state index in [1.165, 1.54) is 6.92 Å². The van der Waals surface area contributed by atoms with E-state index in [2.05, 4.69) is 5.92 Å². The summed E-state index contributed by atoms with van der Waals surface area (Å²) in [5, 5.41) is 17.3. The average Bonchev–Trinajstić information content (AvgIpc) is 1.67.